The lowest BCUT2D eigenvalue weighted by molar-refractivity contribution is -0.187. The van der Waals surface area contributed by atoms with E-state index in [1.807, 2.05) is 13.8 Å². The molecular weight excluding hydrogens is 365 g/mol. The average Bonchev–Trinajstić information content (AvgIpc) is 2.99. The highest BCUT2D eigenvalue weighted by molar-refractivity contribution is 5.78. The molecule has 1 fully saturated rings. The van der Waals surface area contributed by atoms with Gasteiger partial charge in [0, 0.05) is 25.1 Å². The van der Waals surface area contributed by atoms with E-state index in [4.69, 9.17) is 9.84 Å². The van der Waals surface area contributed by atoms with E-state index in [1.54, 1.807) is 24.3 Å². The van der Waals surface area contributed by atoms with Gasteiger partial charge in [0.15, 0.2) is 0 Å². The molecular formula is C18H21F3N2O4. The number of likely N-dealkylation sites (tertiary alicyclic amines) is 1. The number of para-hydroxylation sites is 1. The van der Waals surface area contributed by atoms with E-state index in [0.717, 1.165) is 10.5 Å². The molecule has 0 spiro atoms. The summed E-state index contributed by atoms with van der Waals surface area (Å²) < 4.78 is 45.3. The second kappa shape index (κ2) is 6.61. The van der Waals surface area contributed by atoms with Crippen molar-refractivity contribution in [2.45, 2.75) is 38.1 Å². The smallest absolute Gasteiger partial charge is 0.394 e. The quantitative estimate of drug-likeness (QED) is 0.818. The number of aliphatic carboxylic acids is 1. The highest BCUT2D eigenvalue weighted by Gasteiger charge is 2.53. The monoisotopic (exact) mass is 386 g/mol. The number of benzene rings is 1. The lowest BCUT2D eigenvalue weighted by Gasteiger charge is -2.38. The van der Waals surface area contributed by atoms with Crippen LogP contribution in [0.4, 0.5) is 18.0 Å². The summed E-state index contributed by atoms with van der Waals surface area (Å²) in [5, 5.41) is 11.8. The summed E-state index contributed by atoms with van der Waals surface area (Å²) in [5.74, 6) is -4.67. The fourth-order valence-electron chi connectivity index (χ4n) is 3.72. The van der Waals surface area contributed by atoms with E-state index in [2.05, 4.69) is 5.32 Å². The van der Waals surface area contributed by atoms with Crippen LogP contribution in [0.2, 0.25) is 0 Å². The molecule has 2 aliphatic rings. The first-order valence-corrected chi connectivity index (χ1v) is 8.61. The molecule has 0 saturated carbocycles. The van der Waals surface area contributed by atoms with Gasteiger partial charge in [0.05, 0.1) is 17.9 Å². The van der Waals surface area contributed by atoms with Gasteiger partial charge in [0.25, 0.3) is 0 Å². The highest BCUT2D eigenvalue weighted by atomic mass is 19.4. The van der Waals surface area contributed by atoms with Crippen molar-refractivity contribution in [1.29, 1.82) is 0 Å². The van der Waals surface area contributed by atoms with E-state index in [1.165, 1.54) is 0 Å². The molecule has 0 radical (unpaired) electrons. The van der Waals surface area contributed by atoms with Gasteiger partial charge < -0.3 is 20.1 Å². The molecule has 2 heterocycles. The molecule has 1 aromatic carbocycles. The summed E-state index contributed by atoms with van der Waals surface area (Å²) >= 11 is 0. The largest absolute Gasteiger partial charge is 0.487 e. The molecule has 9 heteroatoms. The number of nitrogens with zero attached hydrogens (tertiary/aromatic N) is 1. The van der Waals surface area contributed by atoms with Crippen molar-refractivity contribution in [3.8, 4) is 5.75 Å². The van der Waals surface area contributed by atoms with Crippen LogP contribution in [0.3, 0.4) is 0 Å². The first-order valence-electron chi connectivity index (χ1n) is 8.61. The lowest BCUT2D eigenvalue weighted by atomic mass is 9.90. The maximum Gasteiger partial charge on any atom is 0.394 e. The standard InChI is InChI=1S/C18H21F3N2O4/c1-17(2)7-13(10-5-3-4-6-14(10)27-17)22-16(26)23-8-11(15(24)25)12(9-23)18(19,20)21/h3-6,11-13H,7-9H2,1-2H3,(H,22,26)(H,24,25)/t11-,12-,13?/m1/s1. The van der Waals surface area contributed by atoms with Gasteiger partial charge >= 0.3 is 18.2 Å². The number of nitrogens with one attached hydrogen (secondary N) is 1. The van der Waals surface area contributed by atoms with Crippen molar-refractivity contribution < 1.29 is 32.6 Å². The minimum atomic E-state index is -4.68. The van der Waals surface area contributed by atoms with Crippen LogP contribution in [0.25, 0.3) is 0 Å². The number of fused-ring (bicyclic) bond motifs is 1. The number of hydrogen-bond acceptors (Lipinski definition) is 3. The molecule has 0 bridgehead atoms. The van der Waals surface area contributed by atoms with Crippen molar-refractivity contribution in [3.63, 3.8) is 0 Å². The molecule has 2 aliphatic heterocycles. The molecule has 27 heavy (non-hydrogen) atoms. The van der Waals surface area contributed by atoms with E-state index in [-0.39, 0.29) is 0 Å². The van der Waals surface area contributed by atoms with E-state index < -0.39 is 54.7 Å². The summed E-state index contributed by atoms with van der Waals surface area (Å²) in [6.07, 6.45) is -4.24. The number of carboxylic acids is 1. The van der Waals surface area contributed by atoms with Crippen LogP contribution < -0.4 is 10.1 Å². The van der Waals surface area contributed by atoms with Gasteiger partial charge in [-0.3, -0.25) is 4.79 Å². The van der Waals surface area contributed by atoms with Crippen LogP contribution in [0.1, 0.15) is 31.9 Å². The maximum absolute atomic E-state index is 13.1. The summed E-state index contributed by atoms with van der Waals surface area (Å²) in [7, 11) is 0. The molecule has 1 unspecified atom stereocenters. The summed E-state index contributed by atoms with van der Waals surface area (Å²) in [6, 6.07) is 6.00. The van der Waals surface area contributed by atoms with Crippen LogP contribution in [-0.2, 0) is 4.79 Å². The fourth-order valence-corrected chi connectivity index (χ4v) is 3.72. The van der Waals surface area contributed by atoms with E-state index in [9.17, 15) is 22.8 Å². The number of amides is 2. The topological polar surface area (TPSA) is 78.9 Å². The Labute approximate surface area is 154 Å². The molecule has 148 valence electrons. The molecule has 2 amide bonds. The SMILES string of the molecule is CC1(C)CC(NC(=O)N2C[C@@H](C(F)(F)F)[C@H](C(=O)O)C2)c2ccccc2O1. The van der Waals surface area contributed by atoms with Gasteiger partial charge in [-0.15, -0.1) is 0 Å². The minimum Gasteiger partial charge on any atom is -0.487 e. The fraction of sp³-hybridized carbons (Fsp3) is 0.556. The number of ether oxygens (including phenoxy) is 1. The van der Waals surface area contributed by atoms with Gasteiger partial charge in [-0.25, -0.2) is 4.79 Å². The molecule has 1 aromatic rings. The third-order valence-corrected chi connectivity index (χ3v) is 5.02. The third-order valence-electron chi connectivity index (χ3n) is 5.02. The Kier molecular flexibility index (Phi) is 4.73. The molecule has 0 aliphatic carbocycles. The number of urea groups is 1. The van der Waals surface area contributed by atoms with Gasteiger partial charge in [-0.2, -0.15) is 13.2 Å². The predicted octanol–water partition coefficient (Wildman–Crippen LogP) is 3.19. The highest BCUT2D eigenvalue weighted by Crippen LogP contribution is 2.40. The summed E-state index contributed by atoms with van der Waals surface area (Å²) in [5.41, 5.74) is 0.182. The Morgan fingerprint density at radius 2 is 1.93 bits per heavy atom. The summed E-state index contributed by atoms with van der Waals surface area (Å²) in [4.78, 5) is 24.7. The van der Waals surface area contributed by atoms with Gasteiger partial charge in [0.2, 0.25) is 0 Å². The van der Waals surface area contributed by atoms with Crippen molar-refractivity contribution in [2.24, 2.45) is 11.8 Å². The Bertz CT molecular complexity index is 750. The van der Waals surface area contributed by atoms with Crippen molar-refractivity contribution in [1.82, 2.24) is 10.2 Å². The average molecular weight is 386 g/mol. The van der Waals surface area contributed by atoms with Crippen LogP contribution in [0, 0.1) is 11.8 Å². The normalized spacial score (nSPS) is 26.9. The molecule has 3 rings (SSSR count). The Morgan fingerprint density at radius 1 is 1.26 bits per heavy atom. The molecule has 3 atom stereocenters. The zero-order valence-electron chi connectivity index (χ0n) is 14.9. The molecule has 0 aromatic heterocycles. The van der Waals surface area contributed by atoms with Gasteiger partial charge in [-0.05, 0) is 19.9 Å². The van der Waals surface area contributed by atoms with Crippen LogP contribution in [0.15, 0.2) is 24.3 Å². The van der Waals surface area contributed by atoms with Crippen LogP contribution >= 0.6 is 0 Å². The van der Waals surface area contributed by atoms with Gasteiger partial charge in [0.1, 0.15) is 11.4 Å². The number of rotatable bonds is 2. The minimum absolute atomic E-state index is 0.439. The second-order valence-corrected chi connectivity index (χ2v) is 7.60. The van der Waals surface area contributed by atoms with Crippen molar-refractivity contribution in [2.75, 3.05) is 13.1 Å². The van der Waals surface area contributed by atoms with Crippen molar-refractivity contribution >= 4 is 12.0 Å². The van der Waals surface area contributed by atoms with Crippen LogP contribution in [0.5, 0.6) is 5.75 Å². The number of halogens is 3. The Hall–Kier alpha value is -2.45. The number of alkyl halides is 3. The van der Waals surface area contributed by atoms with Gasteiger partial charge in [-0.1, -0.05) is 18.2 Å². The Morgan fingerprint density at radius 3 is 2.52 bits per heavy atom. The van der Waals surface area contributed by atoms with E-state index in [0.29, 0.717) is 12.2 Å². The Balaban J connectivity index is 1.77. The number of carbonyl (C=O) groups excluding carboxylic acids is 1. The maximum atomic E-state index is 13.1. The number of hydrogen-bond donors (Lipinski definition) is 2. The molecule has 2 N–H and O–H groups in total. The zero-order chi connectivity index (χ0) is 20.0. The van der Waals surface area contributed by atoms with Crippen molar-refractivity contribution in [3.05, 3.63) is 29.8 Å². The first-order chi connectivity index (χ1) is 12.5. The second-order valence-electron chi connectivity index (χ2n) is 7.60. The lowest BCUT2D eigenvalue weighted by Crippen LogP contribution is -2.46. The predicted molar refractivity (Wildman–Crippen MR) is 89.3 cm³/mol. The first kappa shape index (κ1) is 19.3. The van der Waals surface area contributed by atoms with E-state index >= 15 is 0 Å². The number of carbonyl (C=O) groups is 2. The van der Waals surface area contributed by atoms with Crippen LogP contribution in [-0.4, -0.2) is 46.9 Å². The summed E-state index contributed by atoms with van der Waals surface area (Å²) in [6.45, 7) is 2.58. The zero-order valence-corrected chi connectivity index (χ0v) is 14.9. The third kappa shape index (κ3) is 3.96. The number of carboxylic acid groups (broad SMARTS) is 1. The molecule has 1 saturated heterocycles. The molecule has 6 nitrogen and oxygen atoms in total.